The highest BCUT2D eigenvalue weighted by atomic mass is 15.2. The summed E-state index contributed by atoms with van der Waals surface area (Å²) < 4.78 is 0. The van der Waals surface area contributed by atoms with Gasteiger partial charge in [0.1, 0.15) is 0 Å². The number of nitrogens with one attached hydrogen (secondary N) is 1. The van der Waals surface area contributed by atoms with Crippen molar-refractivity contribution in [2.45, 2.75) is 65.5 Å². The quantitative estimate of drug-likeness (QED) is 0.781. The molecule has 106 valence electrons. The predicted molar refractivity (Wildman–Crippen MR) is 78.8 cm³/mol. The summed E-state index contributed by atoms with van der Waals surface area (Å²) >= 11 is 0. The molecule has 0 aromatic rings. The molecule has 0 aliphatic carbocycles. The van der Waals surface area contributed by atoms with Crippen molar-refractivity contribution >= 4 is 0 Å². The average molecular weight is 252 g/mol. The highest BCUT2D eigenvalue weighted by Crippen LogP contribution is 2.37. The molecule has 5 unspecified atom stereocenters. The van der Waals surface area contributed by atoms with Gasteiger partial charge in [-0.15, -0.1) is 0 Å². The first-order chi connectivity index (χ1) is 8.71. The Morgan fingerprint density at radius 3 is 2.56 bits per heavy atom. The Kier molecular flexibility index (Phi) is 5.08. The molecular weight excluding hydrogens is 220 g/mol. The van der Waals surface area contributed by atoms with E-state index in [2.05, 4.69) is 37.9 Å². The van der Waals surface area contributed by atoms with E-state index < -0.39 is 0 Å². The molecule has 0 spiro atoms. The van der Waals surface area contributed by atoms with Crippen LogP contribution >= 0.6 is 0 Å². The lowest BCUT2D eigenvalue weighted by molar-refractivity contribution is 0.130. The molecule has 5 atom stereocenters. The lowest BCUT2D eigenvalue weighted by Crippen LogP contribution is -2.42. The lowest BCUT2D eigenvalue weighted by atomic mass is 9.91. The molecule has 2 heteroatoms. The molecule has 18 heavy (non-hydrogen) atoms. The summed E-state index contributed by atoms with van der Waals surface area (Å²) in [5, 5.41) is 3.59. The maximum atomic E-state index is 3.59. The standard InChI is InChI=1S/C16H32N2/c1-5-12(4)8-14(6-2)18-11-13-9-17-10-15(13)16(18)7-3/h12-17H,5-11H2,1-4H3. The van der Waals surface area contributed by atoms with Crippen LogP contribution in [0.25, 0.3) is 0 Å². The first-order valence-electron chi connectivity index (χ1n) is 8.17. The summed E-state index contributed by atoms with van der Waals surface area (Å²) in [5.74, 6) is 2.74. The van der Waals surface area contributed by atoms with Gasteiger partial charge in [0, 0.05) is 18.6 Å². The molecule has 2 rings (SSSR count). The van der Waals surface area contributed by atoms with Gasteiger partial charge in [-0.25, -0.2) is 0 Å². The summed E-state index contributed by atoms with van der Waals surface area (Å²) in [5.41, 5.74) is 0. The van der Waals surface area contributed by atoms with Crippen molar-refractivity contribution < 1.29 is 0 Å². The van der Waals surface area contributed by atoms with E-state index in [9.17, 15) is 0 Å². The van der Waals surface area contributed by atoms with Gasteiger partial charge in [-0.1, -0.05) is 34.1 Å². The van der Waals surface area contributed by atoms with Crippen LogP contribution in [-0.4, -0.2) is 36.6 Å². The number of likely N-dealkylation sites (tertiary alicyclic amines) is 1. The van der Waals surface area contributed by atoms with E-state index >= 15 is 0 Å². The summed E-state index contributed by atoms with van der Waals surface area (Å²) in [7, 11) is 0. The molecule has 0 aromatic heterocycles. The van der Waals surface area contributed by atoms with Gasteiger partial charge in [0.15, 0.2) is 0 Å². The van der Waals surface area contributed by atoms with Crippen molar-refractivity contribution in [2.75, 3.05) is 19.6 Å². The number of rotatable bonds is 6. The van der Waals surface area contributed by atoms with Crippen LogP contribution in [0.15, 0.2) is 0 Å². The van der Waals surface area contributed by atoms with Gasteiger partial charge >= 0.3 is 0 Å². The van der Waals surface area contributed by atoms with Crippen LogP contribution in [0.2, 0.25) is 0 Å². The van der Waals surface area contributed by atoms with E-state index in [1.165, 1.54) is 45.3 Å². The highest BCUT2D eigenvalue weighted by Gasteiger charge is 2.44. The highest BCUT2D eigenvalue weighted by molar-refractivity contribution is 4.99. The van der Waals surface area contributed by atoms with Gasteiger partial charge < -0.3 is 5.32 Å². The van der Waals surface area contributed by atoms with Crippen LogP contribution in [-0.2, 0) is 0 Å². The second-order valence-electron chi connectivity index (χ2n) is 6.57. The van der Waals surface area contributed by atoms with E-state index in [0.717, 1.165) is 29.8 Å². The maximum absolute atomic E-state index is 3.59. The Morgan fingerprint density at radius 2 is 1.94 bits per heavy atom. The third kappa shape index (κ3) is 2.75. The molecule has 2 aliphatic heterocycles. The number of fused-ring (bicyclic) bond motifs is 1. The van der Waals surface area contributed by atoms with Crippen molar-refractivity contribution in [3.63, 3.8) is 0 Å². The number of nitrogens with zero attached hydrogens (tertiary/aromatic N) is 1. The number of hydrogen-bond acceptors (Lipinski definition) is 2. The monoisotopic (exact) mass is 252 g/mol. The number of hydrogen-bond donors (Lipinski definition) is 1. The Balaban J connectivity index is 2.01. The molecule has 2 nitrogen and oxygen atoms in total. The van der Waals surface area contributed by atoms with Crippen LogP contribution in [0.5, 0.6) is 0 Å². The Bertz CT molecular complexity index is 253. The van der Waals surface area contributed by atoms with Crippen LogP contribution in [0.3, 0.4) is 0 Å². The smallest absolute Gasteiger partial charge is 0.0140 e. The van der Waals surface area contributed by atoms with Crippen molar-refractivity contribution in [2.24, 2.45) is 17.8 Å². The Hall–Kier alpha value is -0.0800. The van der Waals surface area contributed by atoms with Gasteiger partial charge in [-0.05, 0) is 50.1 Å². The Labute approximate surface area is 114 Å². The minimum atomic E-state index is 0.829. The van der Waals surface area contributed by atoms with Crippen molar-refractivity contribution in [1.82, 2.24) is 10.2 Å². The zero-order valence-electron chi connectivity index (χ0n) is 12.8. The maximum Gasteiger partial charge on any atom is 0.0140 e. The minimum absolute atomic E-state index is 0.829. The topological polar surface area (TPSA) is 15.3 Å². The van der Waals surface area contributed by atoms with Crippen LogP contribution in [0, 0.1) is 17.8 Å². The fourth-order valence-electron chi connectivity index (χ4n) is 4.18. The lowest BCUT2D eigenvalue weighted by Gasteiger charge is -2.35. The molecule has 0 saturated carbocycles. The van der Waals surface area contributed by atoms with Gasteiger partial charge in [-0.3, -0.25) is 4.90 Å². The molecule has 0 radical (unpaired) electrons. The molecule has 0 bridgehead atoms. The molecule has 2 heterocycles. The van der Waals surface area contributed by atoms with Crippen LogP contribution < -0.4 is 5.32 Å². The molecule has 0 aromatic carbocycles. The molecule has 0 amide bonds. The van der Waals surface area contributed by atoms with Crippen molar-refractivity contribution in [3.05, 3.63) is 0 Å². The zero-order chi connectivity index (χ0) is 13.1. The fraction of sp³-hybridized carbons (Fsp3) is 1.00. The molecule has 2 aliphatic rings. The molecular formula is C16H32N2. The van der Waals surface area contributed by atoms with E-state index in [0.29, 0.717) is 0 Å². The summed E-state index contributed by atoms with van der Waals surface area (Å²) in [4.78, 5) is 2.88. The average Bonchev–Trinajstić information content (AvgIpc) is 2.95. The second kappa shape index (κ2) is 6.38. The Morgan fingerprint density at radius 1 is 1.17 bits per heavy atom. The summed E-state index contributed by atoms with van der Waals surface area (Å²) in [6, 6.07) is 1.68. The van der Waals surface area contributed by atoms with Crippen LogP contribution in [0.4, 0.5) is 0 Å². The van der Waals surface area contributed by atoms with E-state index in [1.54, 1.807) is 0 Å². The third-order valence-corrected chi connectivity index (χ3v) is 5.49. The largest absolute Gasteiger partial charge is 0.316 e. The minimum Gasteiger partial charge on any atom is -0.316 e. The molecule has 2 saturated heterocycles. The van der Waals surface area contributed by atoms with Gasteiger partial charge in [0.05, 0.1) is 0 Å². The van der Waals surface area contributed by atoms with E-state index in [1.807, 2.05) is 0 Å². The first-order valence-corrected chi connectivity index (χ1v) is 8.17. The van der Waals surface area contributed by atoms with Crippen molar-refractivity contribution in [1.29, 1.82) is 0 Å². The van der Waals surface area contributed by atoms with Crippen LogP contribution in [0.1, 0.15) is 53.4 Å². The van der Waals surface area contributed by atoms with Gasteiger partial charge in [0.2, 0.25) is 0 Å². The van der Waals surface area contributed by atoms with E-state index in [4.69, 9.17) is 0 Å². The van der Waals surface area contributed by atoms with Gasteiger partial charge in [-0.2, -0.15) is 0 Å². The predicted octanol–water partition coefficient (Wildman–Crippen LogP) is 3.13. The second-order valence-corrected chi connectivity index (χ2v) is 6.57. The van der Waals surface area contributed by atoms with Gasteiger partial charge in [0.25, 0.3) is 0 Å². The molecule has 2 fully saturated rings. The summed E-state index contributed by atoms with van der Waals surface area (Å²) in [6.45, 7) is 13.4. The fourth-order valence-corrected chi connectivity index (χ4v) is 4.18. The first kappa shape index (κ1) is 14.3. The molecule has 1 N–H and O–H groups in total. The summed E-state index contributed by atoms with van der Waals surface area (Å²) in [6.07, 6.45) is 5.39. The van der Waals surface area contributed by atoms with Crippen molar-refractivity contribution in [3.8, 4) is 0 Å². The normalized spacial score (nSPS) is 35.7. The van der Waals surface area contributed by atoms with E-state index in [-0.39, 0.29) is 0 Å². The zero-order valence-corrected chi connectivity index (χ0v) is 12.8. The SMILES string of the molecule is CCC(C)CC(CC)N1CC2CNCC2C1CC. The third-order valence-electron chi connectivity index (χ3n) is 5.49.